The normalized spacial score (nSPS) is 17.8. The van der Waals surface area contributed by atoms with E-state index in [1.165, 1.54) is 0 Å². The molecule has 1 atom stereocenters. The number of nitrogens with one attached hydrogen (secondary N) is 2. The SMILES string of the molecule is CCNC(=NCc1ccc(F)cc1C(F)(F)F)NCCCOCC1CCCO1. The van der Waals surface area contributed by atoms with Gasteiger partial charge in [0.1, 0.15) is 5.82 Å². The minimum absolute atomic E-state index is 0.0778. The summed E-state index contributed by atoms with van der Waals surface area (Å²) in [5, 5.41) is 6.04. The molecule has 9 heteroatoms. The van der Waals surface area contributed by atoms with Gasteiger partial charge in [-0.25, -0.2) is 9.38 Å². The fraction of sp³-hybridized carbons (Fsp3) is 0.632. The predicted molar refractivity (Wildman–Crippen MR) is 98.6 cm³/mol. The fourth-order valence-electron chi connectivity index (χ4n) is 2.83. The smallest absolute Gasteiger partial charge is 0.379 e. The zero-order valence-electron chi connectivity index (χ0n) is 15.9. The van der Waals surface area contributed by atoms with Crippen LogP contribution in [0.2, 0.25) is 0 Å². The first-order chi connectivity index (χ1) is 13.4. The van der Waals surface area contributed by atoms with Crippen molar-refractivity contribution >= 4 is 5.96 Å². The summed E-state index contributed by atoms with van der Waals surface area (Å²) >= 11 is 0. The van der Waals surface area contributed by atoms with Crippen LogP contribution < -0.4 is 10.6 Å². The van der Waals surface area contributed by atoms with E-state index >= 15 is 0 Å². The molecule has 1 aromatic carbocycles. The standard InChI is InChI=1S/C19H27F4N3O2/c1-2-24-18(25-8-4-9-27-13-16-5-3-10-28-16)26-12-14-6-7-15(20)11-17(14)19(21,22)23/h6-7,11,16H,2-5,8-10,12-13H2,1H3,(H2,24,25,26). The van der Waals surface area contributed by atoms with Crippen molar-refractivity contribution in [2.24, 2.45) is 4.99 Å². The van der Waals surface area contributed by atoms with Crippen LogP contribution >= 0.6 is 0 Å². The van der Waals surface area contributed by atoms with Gasteiger partial charge in [0.15, 0.2) is 5.96 Å². The summed E-state index contributed by atoms with van der Waals surface area (Å²) in [6.45, 7) is 4.72. The van der Waals surface area contributed by atoms with Gasteiger partial charge in [0.2, 0.25) is 0 Å². The number of halogens is 4. The van der Waals surface area contributed by atoms with Crippen LogP contribution in [-0.2, 0) is 22.2 Å². The molecular weight excluding hydrogens is 378 g/mol. The number of hydrogen-bond donors (Lipinski definition) is 2. The van der Waals surface area contributed by atoms with E-state index in [1.807, 2.05) is 6.92 Å². The molecule has 5 nitrogen and oxygen atoms in total. The third-order valence-electron chi connectivity index (χ3n) is 4.21. The van der Waals surface area contributed by atoms with E-state index in [1.54, 1.807) is 0 Å². The molecule has 0 aliphatic carbocycles. The van der Waals surface area contributed by atoms with Crippen molar-refractivity contribution in [3.63, 3.8) is 0 Å². The maximum absolute atomic E-state index is 13.2. The van der Waals surface area contributed by atoms with Crippen molar-refractivity contribution in [1.82, 2.24) is 10.6 Å². The van der Waals surface area contributed by atoms with Crippen molar-refractivity contribution in [2.45, 2.75) is 45.0 Å². The second kappa shape index (κ2) is 11.2. The lowest BCUT2D eigenvalue weighted by atomic mass is 10.1. The van der Waals surface area contributed by atoms with Gasteiger partial charge in [-0.05, 0) is 43.9 Å². The zero-order chi connectivity index (χ0) is 20.4. The molecule has 1 fully saturated rings. The van der Waals surface area contributed by atoms with Gasteiger partial charge in [-0.3, -0.25) is 0 Å². The van der Waals surface area contributed by atoms with Gasteiger partial charge in [0.05, 0.1) is 24.8 Å². The first-order valence-corrected chi connectivity index (χ1v) is 9.47. The molecule has 0 aromatic heterocycles. The molecule has 1 aromatic rings. The number of nitrogens with zero attached hydrogens (tertiary/aromatic N) is 1. The lowest BCUT2D eigenvalue weighted by Crippen LogP contribution is -2.38. The van der Waals surface area contributed by atoms with Crippen LogP contribution in [0.15, 0.2) is 23.2 Å². The number of hydrogen-bond acceptors (Lipinski definition) is 3. The van der Waals surface area contributed by atoms with Crippen LogP contribution in [0.3, 0.4) is 0 Å². The Labute approximate surface area is 162 Å². The molecule has 0 radical (unpaired) electrons. The van der Waals surface area contributed by atoms with Crippen molar-refractivity contribution < 1.29 is 27.0 Å². The third-order valence-corrected chi connectivity index (χ3v) is 4.21. The Kier molecular flexibility index (Phi) is 8.98. The van der Waals surface area contributed by atoms with Crippen LogP contribution in [0.1, 0.15) is 37.3 Å². The second-order valence-electron chi connectivity index (χ2n) is 6.48. The highest BCUT2D eigenvalue weighted by atomic mass is 19.4. The molecule has 2 rings (SSSR count). The first kappa shape index (κ1) is 22.4. The van der Waals surface area contributed by atoms with Gasteiger partial charge in [-0.15, -0.1) is 0 Å². The van der Waals surface area contributed by atoms with E-state index in [4.69, 9.17) is 9.47 Å². The molecule has 0 saturated carbocycles. The lowest BCUT2D eigenvalue weighted by molar-refractivity contribution is -0.138. The van der Waals surface area contributed by atoms with E-state index in [0.717, 1.165) is 38.0 Å². The van der Waals surface area contributed by atoms with Crippen molar-refractivity contribution in [3.8, 4) is 0 Å². The van der Waals surface area contributed by atoms with E-state index in [2.05, 4.69) is 15.6 Å². The molecule has 0 amide bonds. The Morgan fingerprint density at radius 2 is 2.14 bits per heavy atom. The molecule has 28 heavy (non-hydrogen) atoms. The number of aliphatic imine (C=N–C) groups is 1. The highest BCUT2D eigenvalue weighted by molar-refractivity contribution is 5.79. The maximum Gasteiger partial charge on any atom is 0.416 e. The molecule has 0 bridgehead atoms. The highest BCUT2D eigenvalue weighted by Crippen LogP contribution is 2.32. The monoisotopic (exact) mass is 405 g/mol. The Bertz CT molecular complexity index is 632. The molecule has 1 unspecified atom stereocenters. The van der Waals surface area contributed by atoms with Crippen LogP contribution in [-0.4, -0.2) is 45.0 Å². The summed E-state index contributed by atoms with van der Waals surface area (Å²) in [6, 6.07) is 2.62. The molecule has 158 valence electrons. The fourth-order valence-corrected chi connectivity index (χ4v) is 2.83. The van der Waals surface area contributed by atoms with Gasteiger partial charge in [-0.1, -0.05) is 6.07 Å². The second-order valence-corrected chi connectivity index (χ2v) is 6.48. The van der Waals surface area contributed by atoms with E-state index in [-0.39, 0.29) is 18.2 Å². The van der Waals surface area contributed by atoms with Crippen molar-refractivity contribution in [1.29, 1.82) is 0 Å². The van der Waals surface area contributed by atoms with Gasteiger partial charge >= 0.3 is 6.18 Å². The average molecular weight is 405 g/mol. The largest absolute Gasteiger partial charge is 0.416 e. The van der Waals surface area contributed by atoms with Crippen LogP contribution in [0, 0.1) is 5.82 Å². The molecule has 0 spiro atoms. The first-order valence-electron chi connectivity index (χ1n) is 9.47. The Balaban J connectivity index is 1.81. The number of guanidine groups is 1. The predicted octanol–water partition coefficient (Wildman–Crippen LogP) is 3.49. The van der Waals surface area contributed by atoms with Gasteiger partial charge in [-0.2, -0.15) is 13.2 Å². The van der Waals surface area contributed by atoms with E-state index in [9.17, 15) is 17.6 Å². The molecular formula is C19H27F4N3O2. The molecule has 1 aliphatic heterocycles. The van der Waals surface area contributed by atoms with E-state index in [0.29, 0.717) is 38.3 Å². The topological polar surface area (TPSA) is 54.9 Å². The number of rotatable bonds is 9. The van der Waals surface area contributed by atoms with Crippen molar-refractivity contribution in [3.05, 3.63) is 35.1 Å². The molecule has 2 N–H and O–H groups in total. The molecule has 1 aliphatic rings. The van der Waals surface area contributed by atoms with Crippen LogP contribution in [0.4, 0.5) is 17.6 Å². The Morgan fingerprint density at radius 1 is 1.32 bits per heavy atom. The number of alkyl halides is 3. The maximum atomic E-state index is 13.2. The van der Waals surface area contributed by atoms with Gasteiger partial charge in [0, 0.05) is 26.3 Å². The summed E-state index contributed by atoms with van der Waals surface area (Å²) in [5.41, 5.74) is -1.08. The van der Waals surface area contributed by atoms with Crippen molar-refractivity contribution in [2.75, 3.05) is 32.9 Å². The summed E-state index contributed by atoms with van der Waals surface area (Å²) in [6.07, 6.45) is -1.62. The lowest BCUT2D eigenvalue weighted by Gasteiger charge is -2.14. The van der Waals surface area contributed by atoms with Crippen LogP contribution in [0.25, 0.3) is 0 Å². The van der Waals surface area contributed by atoms with Gasteiger partial charge in [0.25, 0.3) is 0 Å². The minimum Gasteiger partial charge on any atom is -0.379 e. The zero-order valence-corrected chi connectivity index (χ0v) is 15.9. The minimum atomic E-state index is -4.63. The Morgan fingerprint density at radius 3 is 2.82 bits per heavy atom. The summed E-state index contributed by atoms with van der Waals surface area (Å²) in [7, 11) is 0. The summed E-state index contributed by atoms with van der Waals surface area (Å²) < 4.78 is 63.4. The quantitative estimate of drug-likeness (QED) is 0.286. The summed E-state index contributed by atoms with van der Waals surface area (Å²) in [5.74, 6) is -0.521. The molecule has 1 heterocycles. The summed E-state index contributed by atoms with van der Waals surface area (Å²) in [4.78, 5) is 4.18. The van der Waals surface area contributed by atoms with E-state index < -0.39 is 17.6 Å². The molecule has 1 saturated heterocycles. The average Bonchev–Trinajstić information content (AvgIpc) is 3.16. The Hall–Kier alpha value is -1.87. The van der Waals surface area contributed by atoms with Crippen LogP contribution in [0.5, 0.6) is 0 Å². The van der Waals surface area contributed by atoms with Gasteiger partial charge < -0.3 is 20.1 Å². The highest BCUT2D eigenvalue weighted by Gasteiger charge is 2.33. The number of ether oxygens (including phenoxy) is 2. The third kappa shape index (κ3) is 7.63. The number of benzene rings is 1.